The molecule has 2 amide bonds. The van der Waals surface area contributed by atoms with Gasteiger partial charge in [0.15, 0.2) is 0 Å². The van der Waals surface area contributed by atoms with Gasteiger partial charge in [0.2, 0.25) is 0 Å². The van der Waals surface area contributed by atoms with Crippen LogP contribution in [0.25, 0.3) is 0 Å². The van der Waals surface area contributed by atoms with Crippen molar-refractivity contribution >= 4 is 23.6 Å². The highest BCUT2D eigenvalue weighted by Crippen LogP contribution is 2.32. The first-order valence-corrected chi connectivity index (χ1v) is 7.47. The second-order valence-electron chi connectivity index (χ2n) is 5.13. The number of carboxylic acids is 1. The summed E-state index contributed by atoms with van der Waals surface area (Å²) < 4.78 is 0. The van der Waals surface area contributed by atoms with Crippen molar-refractivity contribution in [3.8, 4) is 0 Å². The molecule has 5 nitrogen and oxygen atoms in total. The predicted molar refractivity (Wildman–Crippen MR) is 80.4 cm³/mol. The van der Waals surface area contributed by atoms with Gasteiger partial charge < -0.3 is 15.3 Å². The zero-order chi connectivity index (χ0) is 15.2. The normalized spacial score (nSPS) is 17.8. The van der Waals surface area contributed by atoms with Crippen LogP contribution in [0.4, 0.5) is 4.79 Å². The number of rotatable bonds is 5. The summed E-state index contributed by atoms with van der Waals surface area (Å²) >= 11 is 5.89. The van der Waals surface area contributed by atoms with E-state index in [1.165, 1.54) is 0 Å². The molecule has 1 aliphatic rings. The summed E-state index contributed by atoms with van der Waals surface area (Å²) in [7, 11) is 0. The standard InChI is InChI=1S/C15H19ClN2O3/c16-12-7-5-11(6-8-12)13-3-2-10-18(13)15(21)17-9-1-4-14(19)20/h5-8,13H,1-4,9-10H2,(H,17,21)(H,19,20). The van der Waals surface area contributed by atoms with E-state index in [4.69, 9.17) is 16.7 Å². The average molecular weight is 311 g/mol. The Labute approximate surface area is 128 Å². The minimum Gasteiger partial charge on any atom is -0.481 e. The number of likely N-dealkylation sites (tertiary alicyclic amines) is 1. The van der Waals surface area contributed by atoms with Gasteiger partial charge in [-0.1, -0.05) is 23.7 Å². The zero-order valence-electron chi connectivity index (χ0n) is 11.7. The van der Waals surface area contributed by atoms with Gasteiger partial charge in [0.1, 0.15) is 0 Å². The Hall–Kier alpha value is -1.75. The summed E-state index contributed by atoms with van der Waals surface area (Å²) in [5, 5.41) is 12.0. The molecule has 1 atom stereocenters. The van der Waals surface area contributed by atoms with Crippen molar-refractivity contribution in [2.75, 3.05) is 13.1 Å². The lowest BCUT2D eigenvalue weighted by molar-refractivity contribution is -0.137. The van der Waals surface area contributed by atoms with Crippen molar-refractivity contribution in [2.45, 2.75) is 31.7 Å². The van der Waals surface area contributed by atoms with Crippen LogP contribution < -0.4 is 5.32 Å². The molecular weight excluding hydrogens is 292 g/mol. The fourth-order valence-corrected chi connectivity index (χ4v) is 2.70. The van der Waals surface area contributed by atoms with Crippen LogP contribution in [0.1, 0.15) is 37.3 Å². The maximum Gasteiger partial charge on any atom is 0.317 e. The molecule has 2 rings (SSSR count). The topological polar surface area (TPSA) is 69.6 Å². The number of hydrogen-bond donors (Lipinski definition) is 2. The molecule has 21 heavy (non-hydrogen) atoms. The SMILES string of the molecule is O=C(O)CCCNC(=O)N1CCCC1c1ccc(Cl)cc1. The summed E-state index contributed by atoms with van der Waals surface area (Å²) in [6, 6.07) is 7.50. The van der Waals surface area contributed by atoms with Gasteiger partial charge in [-0.05, 0) is 37.0 Å². The molecule has 0 radical (unpaired) electrons. The van der Waals surface area contributed by atoms with E-state index in [0.717, 1.165) is 24.9 Å². The summed E-state index contributed by atoms with van der Waals surface area (Å²) in [6.45, 7) is 1.10. The number of carbonyl (C=O) groups excluding carboxylic acids is 1. The third kappa shape index (κ3) is 4.36. The third-order valence-corrected chi connectivity index (χ3v) is 3.86. The number of aliphatic carboxylic acids is 1. The molecule has 1 unspecified atom stereocenters. The number of hydrogen-bond acceptors (Lipinski definition) is 2. The Balaban J connectivity index is 1.90. The molecular formula is C15H19ClN2O3. The van der Waals surface area contributed by atoms with Crippen LogP contribution in [0.3, 0.4) is 0 Å². The third-order valence-electron chi connectivity index (χ3n) is 3.61. The fraction of sp³-hybridized carbons (Fsp3) is 0.467. The van der Waals surface area contributed by atoms with E-state index in [2.05, 4.69) is 5.32 Å². The molecule has 1 aromatic carbocycles. The van der Waals surface area contributed by atoms with Crippen LogP contribution in [0.5, 0.6) is 0 Å². The molecule has 0 aromatic heterocycles. The predicted octanol–water partition coefficient (Wildman–Crippen LogP) is 3.05. The number of carbonyl (C=O) groups is 2. The Morgan fingerprint density at radius 1 is 1.33 bits per heavy atom. The van der Waals surface area contributed by atoms with E-state index >= 15 is 0 Å². The maximum atomic E-state index is 12.2. The number of nitrogens with one attached hydrogen (secondary N) is 1. The van der Waals surface area contributed by atoms with Crippen LogP contribution >= 0.6 is 11.6 Å². The first kappa shape index (κ1) is 15.6. The van der Waals surface area contributed by atoms with E-state index in [1.54, 1.807) is 0 Å². The highest BCUT2D eigenvalue weighted by Gasteiger charge is 2.29. The fourth-order valence-electron chi connectivity index (χ4n) is 2.58. The molecule has 1 saturated heterocycles. The molecule has 0 bridgehead atoms. The summed E-state index contributed by atoms with van der Waals surface area (Å²) in [4.78, 5) is 24.4. The second-order valence-corrected chi connectivity index (χ2v) is 5.57. The van der Waals surface area contributed by atoms with Gasteiger partial charge >= 0.3 is 12.0 Å². The Morgan fingerprint density at radius 2 is 2.05 bits per heavy atom. The van der Waals surface area contributed by atoms with Crippen LogP contribution in [0.15, 0.2) is 24.3 Å². The zero-order valence-corrected chi connectivity index (χ0v) is 12.5. The van der Waals surface area contributed by atoms with Crippen molar-refractivity contribution in [2.24, 2.45) is 0 Å². The van der Waals surface area contributed by atoms with Crippen molar-refractivity contribution < 1.29 is 14.7 Å². The van der Waals surface area contributed by atoms with E-state index in [1.807, 2.05) is 29.2 Å². The Morgan fingerprint density at radius 3 is 2.71 bits per heavy atom. The molecule has 6 heteroatoms. The summed E-state index contributed by atoms with van der Waals surface area (Å²) in [5.74, 6) is -0.843. The van der Waals surface area contributed by atoms with Crippen molar-refractivity contribution in [3.63, 3.8) is 0 Å². The quantitative estimate of drug-likeness (QED) is 0.821. The van der Waals surface area contributed by atoms with Gasteiger partial charge in [-0.25, -0.2) is 4.79 Å². The second kappa shape index (κ2) is 7.31. The highest BCUT2D eigenvalue weighted by atomic mass is 35.5. The van der Waals surface area contributed by atoms with Crippen molar-refractivity contribution in [1.29, 1.82) is 0 Å². The largest absolute Gasteiger partial charge is 0.481 e. The summed E-state index contributed by atoms with van der Waals surface area (Å²) in [5.41, 5.74) is 1.08. The Kier molecular flexibility index (Phi) is 5.44. The van der Waals surface area contributed by atoms with Crippen LogP contribution in [0, 0.1) is 0 Å². The first-order valence-electron chi connectivity index (χ1n) is 7.09. The van der Waals surface area contributed by atoms with E-state index < -0.39 is 5.97 Å². The molecule has 2 N–H and O–H groups in total. The lowest BCUT2D eigenvalue weighted by Crippen LogP contribution is -2.39. The monoisotopic (exact) mass is 310 g/mol. The Bertz CT molecular complexity index is 504. The van der Waals surface area contributed by atoms with Gasteiger partial charge in [0, 0.05) is 24.5 Å². The lowest BCUT2D eigenvalue weighted by atomic mass is 10.1. The van der Waals surface area contributed by atoms with E-state index in [9.17, 15) is 9.59 Å². The van der Waals surface area contributed by atoms with Gasteiger partial charge in [-0.2, -0.15) is 0 Å². The molecule has 1 aromatic rings. The van der Waals surface area contributed by atoms with E-state index in [-0.39, 0.29) is 18.5 Å². The maximum absolute atomic E-state index is 12.2. The number of benzene rings is 1. The van der Waals surface area contributed by atoms with Crippen molar-refractivity contribution in [3.05, 3.63) is 34.9 Å². The smallest absolute Gasteiger partial charge is 0.317 e. The molecule has 114 valence electrons. The van der Waals surface area contributed by atoms with Gasteiger partial charge in [0.25, 0.3) is 0 Å². The number of nitrogens with zero attached hydrogens (tertiary/aromatic N) is 1. The summed E-state index contributed by atoms with van der Waals surface area (Å²) in [6.07, 6.45) is 2.42. The van der Waals surface area contributed by atoms with Crippen LogP contribution in [-0.2, 0) is 4.79 Å². The number of amides is 2. The first-order chi connectivity index (χ1) is 10.1. The molecule has 0 saturated carbocycles. The molecule has 1 fully saturated rings. The minimum atomic E-state index is -0.843. The minimum absolute atomic E-state index is 0.0703. The number of carboxylic acid groups (broad SMARTS) is 1. The van der Waals surface area contributed by atoms with Crippen molar-refractivity contribution in [1.82, 2.24) is 10.2 Å². The van der Waals surface area contributed by atoms with Crippen LogP contribution in [-0.4, -0.2) is 35.1 Å². The molecule has 1 heterocycles. The molecule has 0 aliphatic carbocycles. The molecule has 0 spiro atoms. The highest BCUT2D eigenvalue weighted by molar-refractivity contribution is 6.30. The number of urea groups is 1. The van der Waals surface area contributed by atoms with Gasteiger partial charge in [0.05, 0.1) is 6.04 Å². The van der Waals surface area contributed by atoms with Gasteiger partial charge in [-0.15, -0.1) is 0 Å². The average Bonchev–Trinajstić information content (AvgIpc) is 2.93. The van der Waals surface area contributed by atoms with Gasteiger partial charge in [-0.3, -0.25) is 4.79 Å². The van der Waals surface area contributed by atoms with Crippen LogP contribution in [0.2, 0.25) is 5.02 Å². The lowest BCUT2D eigenvalue weighted by Gasteiger charge is -2.25. The molecule has 1 aliphatic heterocycles. The number of halogens is 1. The van der Waals surface area contributed by atoms with E-state index in [0.29, 0.717) is 18.0 Å².